The first-order valence-corrected chi connectivity index (χ1v) is 7.77. The molecule has 120 valence electrons. The molecule has 2 atom stereocenters. The van der Waals surface area contributed by atoms with E-state index in [-0.39, 0.29) is 11.9 Å². The Labute approximate surface area is 136 Å². The Morgan fingerprint density at radius 2 is 1.48 bits per heavy atom. The van der Waals surface area contributed by atoms with Crippen molar-refractivity contribution in [1.82, 2.24) is 10.6 Å². The summed E-state index contributed by atoms with van der Waals surface area (Å²) >= 11 is 0. The number of amides is 2. The highest BCUT2D eigenvalue weighted by Gasteiger charge is 2.19. The van der Waals surface area contributed by atoms with Gasteiger partial charge in [0.15, 0.2) is 0 Å². The number of hydrogen-bond donors (Lipinski definition) is 2. The Kier molecular flexibility index (Phi) is 6.36. The van der Waals surface area contributed by atoms with Crippen LogP contribution in [0.5, 0.6) is 0 Å². The van der Waals surface area contributed by atoms with E-state index in [0.717, 1.165) is 12.0 Å². The van der Waals surface area contributed by atoms with Gasteiger partial charge in [0.2, 0.25) is 12.3 Å². The summed E-state index contributed by atoms with van der Waals surface area (Å²) < 4.78 is 0. The summed E-state index contributed by atoms with van der Waals surface area (Å²) in [5.74, 6) is -0.163. The maximum Gasteiger partial charge on any atom is 0.243 e. The van der Waals surface area contributed by atoms with Crippen LogP contribution >= 0.6 is 0 Å². The fourth-order valence-electron chi connectivity index (χ4n) is 2.52. The van der Waals surface area contributed by atoms with Crippen molar-refractivity contribution in [1.29, 1.82) is 0 Å². The first kappa shape index (κ1) is 16.7. The number of rotatable bonds is 8. The van der Waals surface area contributed by atoms with Crippen LogP contribution in [0.3, 0.4) is 0 Å². The zero-order valence-electron chi connectivity index (χ0n) is 13.2. The van der Waals surface area contributed by atoms with Gasteiger partial charge in [-0.3, -0.25) is 9.59 Å². The lowest BCUT2D eigenvalue weighted by Crippen LogP contribution is -2.48. The van der Waals surface area contributed by atoms with Crippen LogP contribution in [0.25, 0.3) is 0 Å². The number of carbonyl (C=O) groups is 2. The van der Waals surface area contributed by atoms with Crippen LogP contribution in [0.1, 0.15) is 18.1 Å². The summed E-state index contributed by atoms with van der Waals surface area (Å²) in [5, 5.41) is 5.58. The fraction of sp³-hybridized carbons (Fsp3) is 0.263. The van der Waals surface area contributed by atoms with Crippen LogP contribution in [0.15, 0.2) is 60.7 Å². The summed E-state index contributed by atoms with van der Waals surface area (Å²) in [6, 6.07) is 19.1. The second-order valence-corrected chi connectivity index (χ2v) is 5.63. The first-order valence-electron chi connectivity index (χ1n) is 7.77. The largest absolute Gasteiger partial charge is 0.352 e. The number of carbonyl (C=O) groups excluding carboxylic acids is 2. The van der Waals surface area contributed by atoms with E-state index >= 15 is 0 Å². The summed E-state index contributed by atoms with van der Waals surface area (Å²) in [7, 11) is 0. The summed E-state index contributed by atoms with van der Waals surface area (Å²) in [5.41, 5.74) is 2.18. The predicted molar refractivity (Wildman–Crippen MR) is 90.9 cm³/mol. The summed E-state index contributed by atoms with van der Waals surface area (Å²) in [6.07, 6.45) is 1.81. The molecule has 2 N–H and O–H groups in total. The van der Waals surface area contributed by atoms with Crippen molar-refractivity contribution in [3.05, 3.63) is 71.8 Å². The Hall–Kier alpha value is -2.62. The molecule has 0 aliphatic heterocycles. The van der Waals surface area contributed by atoms with Gasteiger partial charge in [-0.05, 0) is 24.5 Å². The molecule has 0 heterocycles. The van der Waals surface area contributed by atoms with Gasteiger partial charge < -0.3 is 10.6 Å². The average Bonchev–Trinajstić information content (AvgIpc) is 2.56. The Morgan fingerprint density at radius 1 is 0.957 bits per heavy atom. The molecule has 2 aromatic carbocycles. The molecule has 0 aliphatic carbocycles. The van der Waals surface area contributed by atoms with Gasteiger partial charge in [0.05, 0.1) is 0 Å². The smallest absolute Gasteiger partial charge is 0.243 e. The van der Waals surface area contributed by atoms with E-state index in [1.54, 1.807) is 0 Å². The lowest BCUT2D eigenvalue weighted by Gasteiger charge is -2.20. The Balaban J connectivity index is 1.93. The Bertz CT molecular complexity index is 614. The van der Waals surface area contributed by atoms with Crippen molar-refractivity contribution in [2.45, 2.75) is 31.8 Å². The molecular weight excluding hydrogens is 288 g/mol. The summed E-state index contributed by atoms with van der Waals surface area (Å²) in [6.45, 7) is 1.96. The fourth-order valence-corrected chi connectivity index (χ4v) is 2.52. The minimum absolute atomic E-state index is 0.00312. The topological polar surface area (TPSA) is 58.2 Å². The standard InChI is InChI=1S/C19H22N2O2/c1-15(12-16-8-4-2-5-9-16)21-19(23)18(20-14-22)13-17-10-6-3-7-11-17/h2-11,14-15,18H,12-13H2,1H3,(H,20,22)(H,21,23). The van der Waals surface area contributed by atoms with Crippen molar-refractivity contribution in [2.75, 3.05) is 0 Å². The lowest BCUT2D eigenvalue weighted by molar-refractivity contribution is -0.125. The maximum atomic E-state index is 12.4. The van der Waals surface area contributed by atoms with Gasteiger partial charge in [-0.25, -0.2) is 0 Å². The molecule has 0 spiro atoms. The molecule has 0 aromatic heterocycles. The number of nitrogens with one attached hydrogen (secondary N) is 2. The van der Waals surface area contributed by atoms with Crippen LogP contribution in [-0.2, 0) is 22.4 Å². The van der Waals surface area contributed by atoms with Crippen LogP contribution < -0.4 is 10.6 Å². The zero-order chi connectivity index (χ0) is 16.5. The van der Waals surface area contributed by atoms with Crippen LogP contribution in [0.2, 0.25) is 0 Å². The van der Waals surface area contributed by atoms with Gasteiger partial charge in [0, 0.05) is 12.5 Å². The van der Waals surface area contributed by atoms with Crippen LogP contribution in [0, 0.1) is 0 Å². The highest BCUT2D eigenvalue weighted by Crippen LogP contribution is 2.06. The van der Waals surface area contributed by atoms with Gasteiger partial charge in [-0.15, -0.1) is 0 Å². The van der Waals surface area contributed by atoms with E-state index < -0.39 is 6.04 Å². The van der Waals surface area contributed by atoms with Crippen molar-refractivity contribution >= 4 is 12.3 Å². The third-order valence-corrected chi connectivity index (χ3v) is 3.64. The third-order valence-electron chi connectivity index (χ3n) is 3.64. The minimum Gasteiger partial charge on any atom is -0.352 e. The van der Waals surface area contributed by atoms with E-state index in [9.17, 15) is 9.59 Å². The monoisotopic (exact) mass is 310 g/mol. The van der Waals surface area contributed by atoms with E-state index in [2.05, 4.69) is 10.6 Å². The van der Waals surface area contributed by atoms with Gasteiger partial charge in [-0.1, -0.05) is 60.7 Å². The predicted octanol–water partition coefficient (Wildman–Crippen LogP) is 2.09. The van der Waals surface area contributed by atoms with E-state index in [4.69, 9.17) is 0 Å². The highest BCUT2D eigenvalue weighted by atomic mass is 16.2. The summed E-state index contributed by atoms with van der Waals surface area (Å²) in [4.78, 5) is 23.2. The molecule has 2 unspecified atom stereocenters. The molecule has 2 rings (SSSR count). The molecule has 4 heteroatoms. The highest BCUT2D eigenvalue weighted by molar-refractivity contribution is 5.84. The van der Waals surface area contributed by atoms with Crippen LogP contribution in [0.4, 0.5) is 0 Å². The maximum absolute atomic E-state index is 12.4. The second-order valence-electron chi connectivity index (χ2n) is 5.63. The molecule has 2 amide bonds. The second kappa shape index (κ2) is 8.73. The van der Waals surface area contributed by atoms with Crippen molar-refractivity contribution in [2.24, 2.45) is 0 Å². The van der Waals surface area contributed by atoms with Gasteiger partial charge in [0.1, 0.15) is 6.04 Å². The lowest BCUT2D eigenvalue weighted by atomic mass is 10.0. The molecule has 0 saturated heterocycles. The van der Waals surface area contributed by atoms with E-state index in [1.165, 1.54) is 5.56 Å². The molecule has 4 nitrogen and oxygen atoms in total. The number of benzene rings is 2. The van der Waals surface area contributed by atoms with Crippen LogP contribution in [-0.4, -0.2) is 24.4 Å². The normalized spacial score (nSPS) is 12.9. The van der Waals surface area contributed by atoms with E-state index in [0.29, 0.717) is 12.8 Å². The molecule has 23 heavy (non-hydrogen) atoms. The quantitative estimate of drug-likeness (QED) is 0.734. The van der Waals surface area contributed by atoms with Crippen molar-refractivity contribution < 1.29 is 9.59 Å². The van der Waals surface area contributed by atoms with Crippen molar-refractivity contribution in [3.63, 3.8) is 0 Å². The minimum atomic E-state index is -0.562. The van der Waals surface area contributed by atoms with Gasteiger partial charge >= 0.3 is 0 Å². The van der Waals surface area contributed by atoms with E-state index in [1.807, 2.05) is 67.6 Å². The average molecular weight is 310 g/mol. The SMILES string of the molecule is CC(Cc1ccccc1)NC(=O)C(Cc1ccccc1)NC=O. The molecule has 0 bridgehead atoms. The first-order chi connectivity index (χ1) is 11.2. The molecule has 0 fully saturated rings. The molecule has 0 aliphatic rings. The van der Waals surface area contributed by atoms with Crippen molar-refractivity contribution in [3.8, 4) is 0 Å². The molecule has 0 saturated carbocycles. The van der Waals surface area contributed by atoms with Gasteiger partial charge in [-0.2, -0.15) is 0 Å². The Morgan fingerprint density at radius 3 is 2.00 bits per heavy atom. The zero-order valence-corrected chi connectivity index (χ0v) is 13.2. The van der Waals surface area contributed by atoms with Gasteiger partial charge in [0.25, 0.3) is 0 Å². The molecule has 0 radical (unpaired) electrons. The molecular formula is C19H22N2O2. The number of hydrogen-bond acceptors (Lipinski definition) is 2. The third kappa shape index (κ3) is 5.58. The molecule has 2 aromatic rings.